The highest BCUT2D eigenvalue weighted by Crippen LogP contribution is 2.27. The van der Waals surface area contributed by atoms with Crippen LogP contribution in [0.3, 0.4) is 0 Å². The van der Waals surface area contributed by atoms with Crippen molar-refractivity contribution in [3.05, 3.63) is 71.8 Å². The normalized spacial score (nSPS) is 11.4. The van der Waals surface area contributed by atoms with Gasteiger partial charge in [-0.25, -0.2) is 0 Å². The van der Waals surface area contributed by atoms with Crippen LogP contribution in [0.25, 0.3) is 0 Å². The molecule has 0 atom stereocenters. The molecule has 0 unspecified atom stereocenters. The van der Waals surface area contributed by atoms with Crippen LogP contribution in [0.1, 0.15) is 44.2 Å². The maximum absolute atomic E-state index is 12.3. The van der Waals surface area contributed by atoms with Crippen LogP contribution < -0.4 is 5.32 Å². The van der Waals surface area contributed by atoms with Gasteiger partial charge in [0.1, 0.15) is 0 Å². The fourth-order valence-electron chi connectivity index (χ4n) is 2.45. The molecule has 0 spiro atoms. The zero-order chi connectivity index (χ0) is 15.3. The van der Waals surface area contributed by atoms with E-state index in [0.29, 0.717) is 6.42 Å². The van der Waals surface area contributed by atoms with Gasteiger partial charge in [0.15, 0.2) is 0 Å². The molecule has 0 fully saturated rings. The maximum atomic E-state index is 12.3. The molecule has 0 saturated heterocycles. The van der Waals surface area contributed by atoms with Crippen molar-refractivity contribution in [2.75, 3.05) is 0 Å². The Morgan fingerprint density at radius 2 is 1.33 bits per heavy atom. The lowest BCUT2D eigenvalue weighted by Crippen LogP contribution is -2.41. The number of carbonyl (C=O) groups excluding carboxylic acids is 1. The van der Waals surface area contributed by atoms with Crippen molar-refractivity contribution in [1.29, 1.82) is 0 Å². The summed E-state index contributed by atoms with van der Waals surface area (Å²) >= 11 is 0. The molecule has 2 nitrogen and oxygen atoms in total. The molecule has 21 heavy (non-hydrogen) atoms. The zero-order valence-corrected chi connectivity index (χ0v) is 13.0. The molecule has 0 aromatic heterocycles. The van der Waals surface area contributed by atoms with Gasteiger partial charge in [0.2, 0.25) is 5.91 Å². The van der Waals surface area contributed by atoms with Crippen LogP contribution in [-0.2, 0) is 4.79 Å². The Balaban J connectivity index is 2.24. The van der Waals surface area contributed by atoms with Crippen molar-refractivity contribution in [3.63, 3.8) is 0 Å². The first-order valence-electron chi connectivity index (χ1n) is 7.36. The highest BCUT2D eigenvalue weighted by molar-refractivity contribution is 5.78. The summed E-state index contributed by atoms with van der Waals surface area (Å²) in [5.41, 5.74) is 2.15. The Kier molecular flexibility index (Phi) is 4.79. The van der Waals surface area contributed by atoms with Crippen molar-refractivity contribution >= 4 is 5.91 Å². The third kappa shape index (κ3) is 4.75. The molecule has 0 radical (unpaired) electrons. The number of nitrogens with one attached hydrogen (secondary N) is 1. The molecule has 0 aliphatic carbocycles. The third-order valence-corrected chi connectivity index (χ3v) is 3.31. The van der Waals surface area contributed by atoms with E-state index < -0.39 is 0 Å². The summed E-state index contributed by atoms with van der Waals surface area (Å²) < 4.78 is 0. The van der Waals surface area contributed by atoms with Gasteiger partial charge in [-0.2, -0.15) is 0 Å². The molecule has 110 valence electrons. The second kappa shape index (κ2) is 6.57. The standard InChI is InChI=1S/C19H23NO/c1-19(2,3)20-18(21)14-17(15-10-6-4-7-11-15)16-12-8-5-9-13-16/h4-13,17H,14H2,1-3H3,(H,20,21). The van der Waals surface area contributed by atoms with Gasteiger partial charge in [-0.1, -0.05) is 60.7 Å². The van der Waals surface area contributed by atoms with Crippen molar-refractivity contribution < 1.29 is 4.79 Å². The third-order valence-electron chi connectivity index (χ3n) is 3.31. The van der Waals surface area contributed by atoms with Crippen LogP contribution in [0, 0.1) is 0 Å². The van der Waals surface area contributed by atoms with Gasteiger partial charge < -0.3 is 5.32 Å². The number of rotatable bonds is 4. The van der Waals surface area contributed by atoms with Crippen LogP contribution >= 0.6 is 0 Å². The fourth-order valence-corrected chi connectivity index (χ4v) is 2.45. The van der Waals surface area contributed by atoms with E-state index in [0.717, 1.165) is 0 Å². The Hall–Kier alpha value is -2.09. The lowest BCUT2D eigenvalue weighted by molar-refractivity contribution is -0.122. The van der Waals surface area contributed by atoms with Crippen LogP contribution in [0.2, 0.25) is 0 Å². The van der Waals surface area contributed by atoms with Crippen LogP contribution in [0.15, 0.2) is 60.7 Å². The number of benzene rings is 2. The quantitative estimate of drug-likeness (QED) is 0.897. The molecule has 2 heteroatoms. The van der Waals surface area contributed by atoms with Crippen molar-refractivity contribution in [2.24, 2.45) is 0 Å². The Morgan fingerprint density at radius 3 is 1.71 bits per heavy atom. The van der Waals surface area contributed by atoms with Gasteiger partial charge in [-0.15, -0.1) is 0 Å². The lowest BCUT2D eigenvalue weighted by atomic mass is 9.88. The molecule has 2 aromatic carbocycles. The van der Waals surface area contributed by atoms with Gasteiger partial charge in [-0.3, -0.25) is 4.79 Å². The van der Waals surface area contributed by atoms with Gasteiger partial charge in [0.25, 0.3) is 0 Å². The van der Waals surface area contributed by atoms with Gasteiger partial charge in [-0.05, 0) is 31.9 Å². The predicted molar refractivity (Wildman–Crippen MR) is 87.2 cm³/mol. The van der Waals surface area contributed by atoms with E-state index in [1.54, 1.807) is 0 Å². The van der Waals surface area contributed by atoms with E-state index in [4.69, 9.17) is 0 Å². The monoisotopic (exact) mass is 281 g/mol. The summed E-state index contributed by atoms with van der Waals surface area (Å²) in [6.07, 6.45) is 0.464. The molecule has 0 saturated carbocycles. The van der Waals surface area contributed by atoms with Crippen LogP contribution in [0.5, 0.6) is 0 Å². The van der Waals surface area contributed by atoms with E-state index in [1.165, 1.54) is 11.1 Å². The Labute approximate surface area is 127 Å². The second-order valence-corrected chi connectivity index (χ2v) is 6.38. The molecule has 2 aromatic rings. The summed E-state index contributed by atoms with van der Waals surface area (Å²) in [7, 11) is 0. The lowest BCUT2D eigenvalue weighted by Gasteiger charge is -2.23. The molecule has 0 heterocycles. The van der Waals surface area contributed by atoms with E-state index in [-0.39, 0.29) is 17.4 Å². The number of carbonyl (C=O) groups is 1. The first-order chi connectivity index (χ1) is 9.96. The molecule has 0 bridgehead atoms. The molecule has 2 rings (SSSR count). The number of hydrogen-bond acceptors (Lipinski definition) is 1. The van der Waals surface area contributed by atoms with Crippen molar-refractivity contribution in [2.45, 2.75) is 38.6 Å². The summed E-state index contributed by atoms with van der Waals surface area (Å²) in [6, 6.07) is 20.4. The van der Waals surface area contributed by atoms with Crippen molar-refractivity contribution in [1.82, 2.24) is 5.32 Å². The largest absolute Gasteiger partial charge is 0.351 e. The minimum atomic E-state index is -0.199. The van der Waals surface area contributed by atoms with E-state index in [2.05, 4.69) is 29.6 Å². The molecule has 0 aliphatic heterocycles. The maximum Gasteiger partial charge on any atom is 0.221 e. The molecule has 0 aliphatic rings. The topological polar surface area (TPSA) is 29.1 Å². The first-order valence-corrected chi connectivity index (χ1v) is 7.36. The first kappa shape index (κ1) is 15.3. The van der Waals surface area contributed by atoms with E-state index in [1.807, 2.05) is 57.2 Å². The van der Waals surface area contributed by atoms with Gasteiger partial charge in [0, 0.05) is 17.9 Å². The SMILES string of the molecule is CC(C)(C)NC(=O)CC(c1ccccc1)c1ccccc1. The summed E-state index contributed by atoms with van der Waals surface area (Å²) in [5, 5.41) is 3.05. The van der Waals surface area contributed by atoms with Crippen LogP contribution in [0.4, 0.5) is 0 Å². The Morgan fingerprint density at radius 1 is 0.905 bits per heavy atom. The van der Waals surface area contributed by atoms with Crippen molar-refractivity contribution in [3.8, 4) is 0 Å². The number of amides is 1. The molecular weight excluding hydrogens is 258 g/mol. The second-order valence-electron chi connectivity index (χ2n) is 6.38. The fraction of sp³-hybridized carbons (Fsp3) is 0.316. The zero-order valence-electron chi connectivity index (χ0n) is 13.0. The number of hydrogen-bond donors (Lipinski definition) is 1. The molecule has 1 amide bonds. The van der Waals surface area contributed by atoms with Gasteiger partial charge in [0.05, 0.1) is 0 Å². The Bertz CT molecular complexity index is 530. The molecular formula is C19H23NO. The summed E-state index contributed by atoms with van der Waals surface area (Å²) in [5.74, 6) is 0.176. The van der Waals surface area contributed by atoms with Gasteiger partial charge >= 0.3 is 0 Å². The molecule has 1 N–H and O–H groups in total. The smallest absolute Gasteiger partial charge is 0.221 e. The summed E-state index contributed by atoms with van der Waals surface area (Å²) in [4.78, 5) is 12.3. The minimum Gasteiger partial charge on any atom is -0.351 e. The summed E-state index contributed by atoms with van der Waals surface area (Å²) in [6.45, 7) is 6.01. The minimum absolute atomic E-state index is 0.0835. The average Bonchev–Trinajstić information content (AvgIpc) is 2.45. The average molecular weight is 281 g/mol. The van der Waals surface area contributed by atoms with Crippen LogP contribution in [-0.4, -0.2) is 11.4 Å². The highest BCUT2D eigenvalue weighted by atomic mass is 16.1. The highest BCUT2D eigenvalue weighted by Gasteiger charge is 2.20. The van der Waals surface area contributed by atoms with E-state index >= 15 is 0 Å². The predicted octanol–water partition coefficient (Wildman–Crippen LogP) is 4.12. The van der Waals surface area contributed by atoms with E-state index in [9.17, 15) is 4.79 Å².